The van der Waals surface area contributed by atoms with E-state index in [4.69, 9.17) is 4.74 Å². The number of carbonyl (C=O) groups is 4. The molecule has 33 heavy (non-hydrogen) atoms. The largest absolute Gasteiger partial charge is 0.477 e. The first-order valence-corrected chi connectivity index (χ1v) is 11.3. The van der Waals surface area contributed by atoms with E-state index in [1.54, 1.807) is 26.8 Å². The Bertz CT molecular complexity index is 1080. The van der Waals surface area contributed by atoms with Gasteiger partial charge in [-0.05, 0) is 38.8 Å². The van der Waals surface area contributed by atoms with Gasteiger partial charge < -0.3 is 15.2 Å². The fourth-order valence-corrected chi connectivity index (χ4v) is 5.10. The van der Waals surface area contributed by atoms with E-state index in [9.17, 15) is 24.3 Å². The van der Waals surface area contributed by atoms with Crippen LogP contribution in [0, 0.1) is 0 Å². The summed E-state index contributed by atoms with van der Waals surface area (Å²) in [6, 6.07) is -0.881. The van der Waals surface area contributed by atoms with Gasteiger partial charge >= 0.3 is 12.1 Å². The van der Waals surface area contributed by atoms with Crippen LogP contribution in [-0.4, -0.2) is 73.2 Å². The van der Waals surface area contributed by atoms with Gasteiger partial charge in [-0.3, -0.25) is 24.4 Å². The predicted molar refractivity (Wildman–Crippen MR) is 118 cm³/mol. The molecule has 3 aliphatic rings. The van der Waals surface area contributed by atoms with Gasteiger partial charge in [0.05, 0.1) is 6.20 Å². The molecule has 4 rings (SSSR count). The molecular formula is C21H23N5O6S. The lowest BCUT2D eigenvalue weighted by Gasteiger charge is -2.49. The summed E-state index contributed by atoms with van der Waals surface area (Å²) in [6.45, 7) is 5.52. The molecule has 0 unspecified atom stereocenters. The van der Waals surface area contributed by atoms with E-state index in [1.807, 2.05) is 0 Å². The van der Waals surface area contributed by atoms with Crippen molar-refractivity contribution in [1.29, 1.82) is 0 Å². The van der Waals surface area contributed by atoms with E-state index >= 15 is 0 Å². The number of β-lactam (4-membered cyclic amide) rings is 1. The van der Waals surface area contributed by atoms with Crippen LogP contribution >= 0.6 is 11.8 Å². The second-order valence-corrected chi connectivity index (χ2v) is 9.76. The zero-order chi connectivity index (χ0) is 23.9. The van der Waals surface area contributed by atoms with Gasteiger partial charge in [-0.15, -0.1) is 11.8 Å². The number of alkyl carbamates (subject to hydrolysis) is 1. The fraction of sp³-hybridized carbons (Fsp3) is 0.429. The Morgan fingerprint density at radius 3 is 2.70 bits per heavy atom. The molecule has 0 radical (unpaired) electrons. The van der Waals surface area contributed by atoms with E-state index < -0.39 is 35.0 Å². The predicted octanol–water partition coefficient (Wildman–Crippen LogP) is 1.29. The molecular weight excluding hydrogens is 450 g/mol. The Balaban J connectivity index is 1.54. The van der Waals surface area contributed by atoms with Gasteiger partial charge in [0.25, 0.3) is 11.8 Å². The Labute approximate surface area is 193 Å². The lowest BCUT2D eigenvalue weighted by Crippen LogP contribution is -2.70. The highest BCUT2D eigenvalue weighted by Gasteiger charge is 2.54. The lowest BCUT2D eigenvalue weighted by molar-refractivity contribution is -0.149. The van der Waals surface area contributed by atoms with Crippen molar-refractivity contribution >= 4 is 41.5 Å². The molecule has 2 saturated heterocycles. The molecule has 1 aromatic rings. The number of carboxylic acids is 1. The maximum atomic E-state index is 12.8. The third-order valence-electron chi connectivity index (χ3n) is 5.17. The van der Waals surface area contributed by atoms with Crippen LogP contribution in [0.5, 0.6) is 0 Å². The molecule has 2 fully saturated rings. The number of allylic oxidation sites excluding steroid dienone is 1. The second kappa shape index (κ2) is 8.50. The molecule has 0 aromatic carbocycles. The number of fused-ring (bicyclic) bond motifs is 1. The molecule has 2 atom stereocenters. The Morgan fingerprint density at radius 1 is 1.30 bits per heavy atom. The summed E-state index contributed by atoms with van der Waals surface area (Å²) >= 11 is 1.32. The highest BCUT2D eigenvalue weighted by atomic mass is 32.2. The number of thioether (sulfide) groups is 1. The van der Waals surface area contributed by atoms with E-state index in [0.717, 1.165) is 4.90 Å². The topological polar surface area (TPSA) is 142 Å². The van der Waals surface area contributed by atoms with Crippen LogP contribution in [0.4, 0.5) is 10.6 Å². The average molecular weight is 474 g/mol. The Kier molecular flexibility index (Phi) is 5.87. The fourth-order valence-electron chi connectivity index (χ4n) is 3.80. The molecule has 1 aromatic heterocycles. The smallest absolute Gasteiger partial charge is 0.408 e. The van der Waals surface area contributed by atoms with Crippen molar-refractivity contribution in [3.63, 3.8) is 0 Å². The number of carboxylic acid groups (broad SMARTS) is 1. The van der Waals surface area contributed by atoms with Crippen molar-refractivity contribution in [1.82, 2.24) is 20.2 Å². The van der Waals surface area contributed by atoms with Crippen LogP contribution in [0.15, 0.2) is 41.5 Å². The van der Waals surface area contributed by atoms with E-state index in [1.165, 1.54) is 35.3 Å². The van der Waals surface area contributed by atoms with Crippen molar-refractivity contribution in [2.75, 3.05) is 17.2 Å². The molecule has 11 nitrogen and oxygen atoms in total. The maximum Gasteiger partial charge on any atom is 0.408 e. The molecule has 0 spiro atoms. The third kappa shape index (κ3) is 4.42. The summed E-state index contributed by atoms with van der Waals surface area (Å²) < 4.78 is 5.19. The van der Waals surface area contributed by atoms with Crippen molar-refractivity contribution in [2.24, 2.45) is 0 Å². The number of anilines is 1. The molecule has 12 heteroatoms. The van der Waals surface area contributed by atoms with E-state index in [2.05, 4.69) is 15.3 Å². The van der Waals surface area contributed by atoms with Gasteiger partial charge in [0, 0.05) is 30.3 Å². The third-order valence-corrected chi connectivity index (χ3v) is 6.47. The number of rotatable bonds is 4. The van der Waals surface area contributed by atoms with Crippen LogP contribution < -0.4 is 10.2 Å². The van der Waals surface area contributed by atoms with Crippen molar-refractivity contribution < 1.29 is 29.0 Å². The minimum atomic E-state index is -1.27. The number of ether oxygens (including phenoxy) is 1. The molecule has 0 aliphatic carbocycles. The monoisotopic (exact) mass is 473 g/mol. The van der Waals surface area contributed by atoms with E-state index in [-0.39, 0.29) is 17.4 Å². The molecule has 3 amide bonds. The quantitative estimate of drug-likeness (QED) is 0.488. The first-order valence-electron chi connectivity index (χ1n) is 10.3. The zero-order valence-electron chi connectivity index (χ0n) is 18.3. The molecule has 2 N–H and O–H groups in total. The Hall–Kier alpha value is -3.41. The molecule has 4 heterocycles. The van der Waals surface area contributed by atoms with Gasteiger partial charge in [0.1, 0.15) is 22.7 Å². The SMILES string of the molecule is CC(C)(C)OC(=O)N[C@@H]1C(=O)N2C(C(=O)O)=C(/C=C3\CCN(c4cnccn4)C3=O)CS[C@H]12. The average Bonchev–Trinajstić information content (AvgIpc) is 3.11. The highest BCUT2D eigenvalue weighted by Crippen LogP contribution is 2.41. The summed E-state index contributed by atoms with van der Waals surface area (Å²) in [5.74, 6) is -1.40. The van der Waals surface area contributed by atoms with Crippen LogP contribution in [0.3, 0.4) is 0 Å². The number of nitrogens with one attached hydrogen (secondary N) is 1. The van der Waals surface area contributed by atoms with Crippen molar-refractivity contribution in [3.05, 3.63) is 41.5 Å². The summed E-state index contributed by atoms with van der Waals surface area (Å²) in [5, 5.41) is 11.8. The number of hydrogen-bond acceptors (Lipinski definition) is 8. The van der Waals surface area contributed by atoms with Gasteiger partial charge in [-0.25, -0.2) is 14.6 Å². The normalized spacial score (nSPS) is 24.0. The first-order chi connectivity index (χ1) is 15.6. The van der Waals surface area contributed by atoms with Gasteiger partial charge in [0.2, 0.25) is 0 Å². The number of carbonyl (C=O) groups excluding carboxylic acids is 3. The maximum absolute atomic E-state index is 12.8. The van der Waals surface area contributed by atoms with Crippen molar-refractivity contribution in [3.8, 4) is 0 Å². The van der Waals surface area contributed by atoms with Crippen molar-refractivity contribution in [2.45, 2.75) is 44.2 Å². The number of nitrogens with zero attached hydrogens (tertiary/aromatic N) is 4. The minimum Gasteiger partial charge on any atom is -0.477 e. The van der Waals surface area contributed by atoms with Crippen LogP contribution in [-0.2, 0) is 19.1 Å². The van der Waals surface area contributed by atoms with Crippen LogP contribution in [0.1, 0.15) is 27.2 Å². The molecule has 0 saturated carbocycles. The molecule has 174 valence electrons. The van der Waals surface area contributed by atoms with Crippen LogP contribution in [0.2, 0.25) is 0 Å². The van der Waals surface area contributed by atoms with Gasteiger partial charge in [0.15, 0.2) is 5.82 Å². The van der Waals surface area contributed by atoms with Crippen LogP contribution in [0.25, 0.3) is 0 Å². The highest BCUT2D eigenvalue weighted by molar-refractivity contribution is 8.00. The number of aliphatic carboxylic acids is 1. The summed E-state index contributed by atoms with van der Waals surface area (Å²) in [7, 11) is 0. The molecule has 0 bridgehead atoms. The number of amides is 3. The van der Waals surface area contributed by atoms with Gasteiger partial charge in [-0.1, -0.05) is 0 Å². The molecule has 3 aliphatic heterocycles. The summed E-state index contributed by atoms with van der Waals surface area (Å²) in [6.07, 6.45) is 5.71. The number of aromatic nitrogens is 2. The van der Waals surface area contributed by atoms with Gasteiger partial charge in [-0.2, -0.15) is 0 Å². The number of hydrogen-bond donors (Lipinski definition) is 2. The lowest BCUT2D eigenvalue weighted by atomic mass is 10.0. The summed E-state index contributed by atoms with van der Waals surface area (Å²) in [4.78, 5) is 60.4. The first kappa shape index (κ1) is 22.8. The second-order valence-electron chi connectivity index (χ2n) is 8.65. The van der Waals surface area contributed by atoms with E-state index in [0.29, 0.717) is 29.9 Å². The minimum absolute atomic E-state index is 0.177. The summed E-state index contributed by atoms with van der Waals surface area (Å²) in [5.41, 5.74) is -0.0966. The Morgan fingerprint density at radius 2 is 2.06 bits per heavy atom. The standard InChI is InChI=1S/C21H23N5O6S/c1-21(2,3)32-20(31)24-14-17(28)26-15(19(29)30)12(10-33-18(14)26)8-11-4-7-25(16(11)27)13-9-22-5-6-23-13/h5-6,8-9,14,18H,4,7,10H2,1-3H3,(H,24,31)(H,29,30)/b11-8+/t14-,18-/m1/s1. The zero-order valence-corrected chi connectivity index (χ0v) is 19.1.